The minimum Gasteiger partial charge on any atom is -0.457 e. The number of benzene rings is 4. The van der Waals surface area contributed by atoms with Gasteiger partial charge in [0.1, 0.15) is 22.9 Å². The molecule has 1 unspecified atom stereocenters. The summed E-state index contributed by atoms with van der Waals surface area (Å²) in [5.41, 5.74) is 3.64. The van der Waals surface area contributed by atoms with Gasteiger partial charge in [-0.3, -0.25) is 9.78 Å². The third-order valence-electron chi connectivity index (χ3n) is 7.61. The lowest BCUT2D eigenvalue weighted by molar-refractivity contribution is -0.274. The first-order valence-corrected chi connectivity index (χ1v) is 14.9. The molecule has 4 aromatic carbocycles. The third-order valence-corrected chi connectivity index (χ3v) is 7.61. The Balaban J connectivity index is 1.26. The largest absolute Gasteiger partial charge is 0.573 e. The van der Waals surface area contributed by atoms with Crippen LogP contribution in [0.5, 0.6) is 17.2 Å². The number of nitrogens with one attached hydrogen (secondary N) is 1. The van der Waals surface area contributed by atoms with Gasteiger partial charge in [0.05, 0.1) is 6.04 Å². The number of rotatable bonds is 10. The van der Waals surface area contributed by atoms with Gasteiger partial charge in [0, 0.05) is 18.7 Å². The van der Waals surface area contributed by atoms with Crippen LogP contribution in [0.25, 0.3) is 21.9 Å². The molecular formula is C37H35F3N2O5. The van der Waals surface area contributed by atoms with Crippen LogP contribution in [0.4, 0.5) is 13.2 Å². The summed E-state index contributed by atoms with van der Waals surface area (Å²) < 4.78 is 52.5. The molecule has 244 valence electrons. The van der Waals surface area contributed by atoms with Crippen molar-refractivity contribution in [2.45, 2.75) is 51.3 Å². The minimum atomic E-state index is -4.76. The molecule has 1 amide bonds. The van der Waals surface area contributed by atoms with Crippen LogP contribution in [0, 0.1) is 0 Å². The number of methoxy groups -OCH3 is 1. The standard InChI is InChI=1S/C37H35F3N2O5/c1-36(2,3)28-12-17-29(18-13-28)46-31-16-11-26-22-41-32(21-27(26)20-31)34(43)42-33(35(44)45-4)19-23-5-7-24(8-6-23)25-9-14-30(15-10-25)47-37(38,39)40/h5-18,20-22,33,35,44H,19H2,1-4H3,(H,42,43)/t33-,35?/m0/s1. The Morgan fingerprint density at radius 2 is 1.40 bits per heavy atom. The first kappa shape index (κ1) is 33.4. The average molecular weight is 645 g/mol. The number of carbonyl (C=O) groups excluding carboxylic acids is 1. The number of carbonyl (C=O) groups is 1. The van der Waals surface area contributed by atoms with E-state index in [0.717, 1.165) is 21.9 Å². The van der Waals surface area contributed by atoms with E-state index >= 15 is 0 Å². The van der Waals surface area contributed by atoms with Crippen molar-refractivity contribution in [2.24, 2.45) is 0 Å². The summed E-state index contributed by atoms with van der Waals surface area (Å²) in [5.74, 6) is 0.513. The summed E-state index contributed by atoms with van der Waals surface area (Å²) in [6.45, 7) is 6.45. The summed E-state index contributed by atoms with van der Waals surface area (Å²) >= 11 is 0. The molecule has 1 aromatic heterocycles. The Kier molecular flexibility index (Phi) is 9.83. The molecule has 10 heteroatoms. The number of nitrogens with zero attached hydrogens (tertiary/aromatic N) is 1. The van der Waals surface area contributed by atoms with Crippen molar-refractivity contribution >= 4 is 16.7 Å². The predicted octanol–water partition coefficient (Wildman–Crippen LogP) is 8.20. The fraction of sp³-hybridized carbons (Fsp3) is 0.243. The van der Waals surface area contributed by atoms with Crippen LogP contribution in [0.3, 0.4) is 0 Å². The Hall–Kier alpha value is -4.93. The second kappa shape index (κ2) is 13.8. The lowest BCUT2D eigenvalue weighted by atomic mass is 9.87. The lowest BCUT2D eigenvalue weighted by Crippen LogP contribution is -2.45. The van der Waals surface area contributed by atoms with E-state index in [1.165, 1.54) is 36.9 Å². The van der Waals surface area contributed by atoms with Gasteiger partial charge in [-0.2, -0.15) is 0 Å². The zero-order valence-electron chi connectivity index (χ0n) is 26.3. The Labute approximate surface area is 270 Å². The van der Waals surface area contributed by atoms with Crippen LogP contribution in [0.2, 0.25) is 0 Å². The van der Waals surface area contributed by atoms with Crippen LogP contribution < -0.4 is 14.8 Å². The molecule has 0 aliphatic heterocycles. The van der Waals surface area contributed by atoms with Gasteiger partial charge in [-0.05, 0) is 88.0 Å². The maximum Gasteiger partial charge on any atom is 0.573 e. The van der Waals surface area contributed by atoms with Crippen molar-refractivity contribution in [3.8, 4) is 28.4 Å². The smallest absolute Gasteiger partial charge is 0.457 e. The first-order chi connectivity index (χ1) is 22.3. The van der Waals surface area contributed by atoms with Gasteiger partial charge in [0.2, 0.25) is 0 Å². The fourth-order valence-corrected chi connectivity index (χ4v) is 5.03. The molecule has 0 radical (unpaired) electrons. The van der Waals surface area contributed by atoms with Crippen LogP contribution in [0.1, 0.15) is 42.4 Å². The van der Waals surface area contributed by atoms with E-state index in [4.69, 9.17) is 9.47 Å². The summed E-state index contributed by atoms with van der Waals surface area (Å²) in [6.07, 6.45) is -4.22. The van der Waals surface area contributed by atoms with E-state index in [0.29, 0.717) is 17.1 Å². The number of aliphatic hydroxyl groups excluding tert-OH is 1. The maximum atomic E-state index is 13.3. The topological polar surface area (TPSA) is 89.9 Å². The molecule has 47 heavy (non-hydrogen) atoms. The van der Waals surface area contributed by atoms with E-state index < -0.39 is 24.6 Å². The fourth-order valence-electron chi connectivity index (χ4n) is 5.03. The number of aromatic nitrogens is 1. The van der Waals surface area contributed by atoms with Crippen molar-refractivity contribution in [3.05, 3.63) is 120 Å². The second-order valence-corrected chi connectivity index (χ2v) is 12.1. The Morgan fingerprint density at radius 3 is 2.00 bits per heavy atom. The normalized spacial score (nSPS) is 13.2. The second-order valence-electron chi connectivity index (χ2n) is 12.1. The summed E-state index contributed by atoms with van der Waals surface area (Å²) in [7, 11) is 1.34. The van der Waals surface area contributed by atoms with Gasteiger partial charge >= 0.3 is 6.36 Å². The Bertz CT molecular complexity index is 1820. The van der Waals surface area contributed by atoms with E-state index in [-0.39, 0.29) is 23.3 Å². The number of fused-ring (bicyclic) bond motifs is 1. The monoisotopic (exact) mass is 644 g/mol. The summed E-state index contributed by atoms with van der Waals surface area (Å²) in [6, 6.07) is 27.1. The molecular weight excluding hydrogens is 609 g/mol. The van der Waals surface area contributed by atoms with Crippen LogP contribution >= 0.6 is 0 Å². The SMILES string of the molecule is COC(O)[C@H](Cc1ccc(-c2ccc(OC(F)(F)F)cc2)cc1)NC(=O)c1cc2cc(Oc3ccc(C(C)(C)C)cc3)ccc2cn1. The molecule has 5 aromatic rings. The number of alkyl halides is 3. The number of pyridine rings is 1. The highest BCUT2D eigenvalue weighted by molar-refractivity contribution is 5.96. The van der Waals surface area contributed by atoms with Crippen molar-refractivity contribution < 1.29 is 37.3 Å². The number of halogens is 3. The molecule has 0 saturated heterocycles. The van der Waals surface area contributed by atoms with E-state index in [1.807, 2.05) is 54.6 Å². The first-order valence-electron chi connectivity index (χ1n) is 14.9. The van der Waals surface area contributed by atoms with Crippen LogP contribution in [-0.2, 0) is 16.6 Å². The highest BCUT2D eigenvalue weighted by Crippen LogP contribution is 2.30. The third kappa shape index (κ3) is 8.87. The molecule has 7 nitrogen and oxygen atoms in total. The number of amides is 1. The molecule has 5 rings (SSSR count). The molecule has 0 spiro atoms. The van der Waals surface area contributed by atoms with Crippen molar-refractivity contribution in [3.63, 3.8) is 0 Å². The van der Waals surface area contributed by atoms with Crippen LogP contribution in [0.15, 0.2) is 103 Å². The number of aliphatic hydroxyl groups is 1. The van der Waals surface area contributed by atoms with Gasteiger partial charge in [-0.1, -0.05) is 69.3 Å². The average Bonchev–Trinajstić information content (AvgIpc) is 3.03. The number of ether oxygens (including phenoxy) is 3. The predicted molar refractivity (Wildman–Crippen MR) is 173 cm³/mol. The zero-order chi connectivity index (χ0) is 33.8. The number of hydrogen-bond donors (Lipinski definition) is 2. The van der Waals surface area contributed by atoms with Gasteiger partial charge in [0.15, 0.2) is 6.29 Å². The highest BCUT2D eigenvalue weighted by Gasteiger charge is 2.31. The molecule has 1 heterocycles. The summed E-state index contributed by atoms with van der Waals surface area (Å²) in [5, 5.41) is 15.0. The van der Waals surface area contributed by atoms with Gasteiger partial charge in [-0.15, -0.1) is 13.2 Å². The molecule has 0 fully saturated rings. The molecule has 0 aliphatic carbocycles. The molecule has 0 bridgehead atoms. The summed E-state index contributed by atoms with van der Waals surface area (Å²) in [4.78, 5) is 17.6. The van der Waals surface area contributed by atoms with E-state index in [2.05, 4.69) is 35.8 Å². The van der Waals surface area contributed by atoms with Crippen molar-refractivity contribution in [2.75, 3.05) is 7.11 Å². The quantitative estimate of drug-likeness (QED) is 0.149. The van der Waals surface area contributed by atoms with Crippen LogP contribution in [-0.4, -0.2) is 41.8 Å². The van der Waals surface area contributed by atoms with Crippen molar-refractivity contribution in [1.82, 2.24) is 10.3 Å². The van der Waals surface area contributed by atoms with Crippen molar-refractivity contribution in [1.29, 1.82) is 0 Å². The molecule has 0 saturated carbocycles. The molecule has 0 aliphatic rings. The van der Waals surface area contributed by atoms with E-state index in [1.54, 1.807) is 24.4 Å². The Morgan fingerprint density at radius 1 is 0.809 bits per heavy atom. The zero-order valence-corrected chi connectivity index (χ0v) is 26.3. The van der Waals surface area contributed by atoms with Gasteiger partial charge < -0.3 is 24.6 Å². The number of hydrogen-bond acceptors (Lipinski definition) is 6. The van der Waals surface area contributed by atoms with Gasteiger partial charge in [0.25, 0.3) is 5.91 Å². The molecule has 2 atom stereocenters. The molecule has 2 N–H and O–H groups in total. The highest BCUT2D eigenvalue weighted by atomic mass is 19.4. The maximum absolute atomic E-state index is 13.3. The minimum absolute atomic E-state index is 0.0330. The van der Waals surface area contributed by atoms with E-state index in [9.17, 15) is 23.1 Å². The van der Waals surface area contributed by atoms with Gasteiger partial charge in [-0.25, -0.2) is 0 Å². The lowest BCUT2D eigenvalue weighted by Gasteiger charge is -2.23.